The van der Waals surface area contributed by atoms with Gasteiger partial charge in [-0.3, -0.25) is 0 Å². The minimum atomic E-state index is 1.05. The molecule has 0 unspecified atom stereocenters. The molecule has 0 atom stereocenters. The highest BCUT2D eigenvalue weighted by molar-refractivity contribution is 14.1. The van der Waals surface area contributed by atoms with Gasteiger partial charge in [0.15, 0.2) is 0 Å². The highest BCUT2D eigenvalue weighted by Gasteiger charge is 2.14. The van der Waals surface area contributed by atoms with Gasteiger partial charge in [0.05, 0.1) is 0 Å². The minimum Gasteiger partial charge on any atom is -0.0875 e. The van der Waals surface area contributed by atoms with E-state index in [0.29, 0.717) is 0 Å². The summed E-state index contributed by atoms with van der Waals surface area (Å²) in [7, 11) is 0. The molecule has 0 bridgehead atoms. The maximum atomic E-state index is 2.38. The maximum Gasteiger partial charge on any atom is 0.0175 e. The topological polar surface area (TPSA) is 0 Å². The number of hydrogen-bond acceptors (Lipinski definition) is 0. The molecule has 9 heavy (non-hydrogen) atoms. The fourth-order valence-corrected chi connectivity index (χ4v) is 1.44. The zero-order valence-corrected chi connectivity index (χ0v) is 7.80. The SMILES string of the molecule is IC/C=C/CC1CCC1. The molecule has 52 valence electrons. The van der Waals surface area contributed by atoms with Crippen molar-refractivity contribution in [1.29, 1.82) is 0 Å². The Balaban J connectivity index is 1.97. The Morgan fingerprint density at radius 1 is 1.33 bits per heavy atom. The molecule has 0 amide bonds. The van der Waals surface area contributed by atoms with Gasteiger partial charge in [-0.1, -0.05) is 54.0 Å². The molecule has 1 rings (SSSR count). The first kappa shape index (κ1) is 7.58. The Bertz CT molecular complexity index is 92.7. The third-order valence-corrected chi connectivity index (χ3v) is 2.46. The summed E-state index contributed by atoms with van der Waals surface area (Å²) in [6.07, 6.45) is 10.4. The number of hydrogen-bond donors (Lipinski definition) is 0. The Kier molecular flexibility index (Phi) is 3.63. The van der Waals surface area contributed by atoms with E-state index in [2.05, 4.69) is 34.7 Å². The number of allylic oxidation sites excluding steroid dienone is 2. The molecule has 0 aromatic rings. The zero-order valence-electron chi connectivity index (χ0n) is 5.65. The van der Waals surface area contributed by atoms with Crippen LogP contribution in [0.25, 0.3) is 0 Å². The average molecular weight is 236 g/mol. The highest BCUT2D eigenvalue weighted by Crippen LogP contribution is 2.29. The Labute approximate surface area is 70.9 Å². The Morgan fingerprint density at radius 3 is 2.56 bits per heavy atom. The van der Waals surface area contributed by atoms with Crippen LogP contribution in [0.5, 0.6) is 0 Å². The molecule has 1 fully saturated rings. The van der Waals surface area contributed by atoms with Crippen LogP contribution in [-0.2, 0) is 0 Å². The van der Waals surface area contributed by atoms with Gasteiger partial charge in [0.2, 0.25) is 0 Å². The van der Waals surface area contributed by atoms with Gasteiger partial charge in [0.1, 0.15) is 0 Å². The van der Waals surface area contributed by atoms with E-state index in [4.69, 9.17) is 0 Å². The van der Waals surface area contributed by atoms with E-state index in [0.717, 1.165) is 5.92 Å². The predicted molar refractivity (Wildman–Crippen MR) is 50.0 cm³/mol. The van der Waals surface area contributed by atoms with Gasteiger partial charge in [-0.25, -0.2) is 0 Å². The van der Waals surface area contributed by atoms with E-state index in [1.165, 1.54) is 30.1 Å². The standard InChI is InChI=1S/C8H13I/c9-7-2-1-4-8-5-3-6-8/h1-2,8H,3-7H2/b2-1+. The van der Waals surface area contributed by atoms with Gasteiger partial charge in [-0.05, 0) is 12.3 Å². The summed E-state index contributed by atoms with van der Waals surface area (Å²) in [5.41, 5.74) is 0. The van der Waals surface area contributed by atoms with E-state index in [9.17, 15) is 0 Å². The van der Waals surface area contributed by atoms with Gasteiger partial charge in [0, 0.05) is 4.43 Å². The van der Waals surface area contributed by atoms with E-state index in [1.54, 1.807) is 0 Å². The number of rotatable bonds is 3. The number of halogens is 1. The van der Waals surface area contributed by atoms with Crippen LogP contribution in [0.15, 0.2) is 12.2 Å². The summed E-state index contributed by atoms with van der Waals surface area (Å²) in [4.78, 5) is 0. The second kappa shape index (κ2) is 4.31. The maximum absolute atomic E-state index is 2.38. The molecule has 0 nitrogen and oxygen atoms in total. The van der Waals surface area contributed by atoms with Crippen molar-refractivity contribution < 1.29 is 0 Å². The lowest BCUT2D eigenvalue weighted by Crippen LogP contribution is -2.08. The lowest BCUT2D eigenvalue weighted by molar-refractivity contribution is 0.319. The summed E-state index contributed by atoms with van der Waals surface area (Å²) in [5, 5.41) is 0. The van der Waals surface area contributed by atoms with E-state index >= 15 is 0 Å². The van der Waals surface area contributed by atoms with Crippen LogP contribution in [0.2, 0.25) is 0 Å². The Morgan fingerprint density at radius 2 is 2.11 bits per heavy atom. The molecule has 0 saturated heterocycles. The predicted octanol–water partition coefficient (Wildman–Crippen LogP) is 3.17. The van der Waals surface area contributed by atoms with Crippen molar-refractivity contribution in [3.05, 3.63) is 12.2 Å². The molecule has 0 aromatic heterocycles. The van der Waals surface area contributed by atoms with Crippen molar-refractivity contribution in [2.45, 2.75) is 25.7 Å². The summed E-state index contributed by atoms with van der Waals surface area (Å²) in [6, 6.07) is 0. The van der Waals surface area contributed by atoms with Crippen molar-refractivity contribution in [2.24, 2.45) is 5.92 Å². The molecule has 1 aliphatic carbocycles. The van der Waals surface area contributed by atoms with Crippen LogP contribution in [0.4, 0.5) is 0 Å². The molecule has 1 aliphatic rings. The average Bonchev–Trinajstić information content (AvgIpc) is 1.76. The normalized spacial score (nSPS) is 20.6. The molecule has 0 heterocycles. The lowest BCUT2D eigenvalue weighted by Gasteiger charge is -2.23. The molecule has 0 aromatic carbocycles. The first-order valence-electron chi connectivity index (χ1n) is 3.64. The van der Waals surface area contributed by atoms with Crippen LogP contribution < -0.4 is 0 Å². The quantitative estimate of drug-likeness (QED) is 0.401. The van der Waals surface area contributed by atoms with Crippen LogP contribution in [-0.4, -0.2) is 4.43 Å². The first-order valence-corrected chi connectivity index (χ1v) is 5.17. The smallest absolute Gasteiger partial charge is 0.0175 e. The summed E-state index contributed by atoms with van der Waals surface area (Å²) >= 11 is 2.38. The van der Waals surface area contributed by atoms with Gasteiger partial charge in [-0.2, -0.15) is 0 Å². The van der Waals surface area contributed by atoms with Gasteiger partial charge >= 0.3 is 0 Å². The molecule has 0 aliphatic heterocycles. The largest absolute Gasteiger partial charge is 0.0875 e. The van der Waals surface area contributed by atoms with Crippen LogP contribution in [0, 0.1) is 5.92 Å². The number of alkyl halides is 1. The van der Waals surface area contributed by atoms with Crippen LogP contribution in [0.3, 0.4) is 0 Å². The van der Waals surface area contributed by atoms with Gasteiger partial charge < -0.3 is 0 Å². The van der Waals surface area contributed by atoms with Crippen molar-refractivity contribution >= 4 is 22.6 Å². The lowest BCUT2D eigenvalue weighted by atomic mass is 9.83. The van der Waals surface area contributed by atoms with Crippen molar-refractivity contribution in [1.82, 2.24) is 0 Å². The third kappa shape index (κ3) is 2.70. The minimum absolute atomic E-state index is 1.05. The molecule has 1 heteroatoms. The Hall–Kier alpha value is 0.470. The monoisotopic (exact) mass is 236 g/mol. The van der Waals surface area contributed by atoms with E-state index < -0.39 is 0 Å². The second-order valence-electron chi connectivity index (χ2n) is 2.66. The van der Waals surface area contributed by atoms with E-state index in [1.807, 2.05) is 0 Å². The van der Waals surface area contributed by atoms with Gasteiger partial charge in [-0.15, -0.1) is 0 Å². The van der Waals surface area contributed by atoms with Crippen molar-refractivity contribution in [2.75, 3.05) is 4.43 Å². The first-order chi connectivity index (χ1) is 4.43. The molecular formula is C8H13I. The van der Waals surface area contributed by atoms with Crippen LogP contribution in [0.1, 0.15) is 25.7 Å². The second-order valence-corrected chi connectivity index (χ2v) is 3.54. The van der Waals surface area contributed by atoms with Crippen molar-refractivity contribution in [3.63, 3.8) is 0 Å². The zero-order chi connectivity index (χ0) is 6.53. The molecule has 1 saturated carbocycles. The molecule has 0 radical (unpaired) electrons. The summed E-state index contributed by atoms with van der Waals surface area (Å²) < 4.78 is 1.17. The fourth-order valence-electron chi connectivity index (χ4n) is 1.08. The molecule has 0 N–H and O–H groups in total. The van der Waals surface area contributed by atoms with Crippen molar-refractivity contribution in [3.8, 4) is 0 Å². The third-order valence-electron chi connectivity index (χ3n) is 1.95. The van der Waals surface area contributed by atoms with E-state index in [-0.39, 0.29) is 0 Å². The van der Waals surface area contributed by atoms with Crippen LogP contribution >= 0.6 is 22.6 Å². The summed E-state index contributed by atoms with van der Waals surface area (Å²) in [5.74, 6) is 1.05. The van der Waals surface area contributed by atoms with Gasteiger partial charge in [0.25, 0.3) is 0 Å². The highest BCUT2D eigenvalue weighted by atomic mass is 127. The fraction of sp³-hybridized carbons (Fsp3) is 0.750. The summed E-state index contributed by atoms with van der Waals surface area (Å²) in [6.45, 7) is 0. The molecular weight excluding hydrogens is 223 g/mol. The molecule has 0 spiro atoms.